The number of nitrogens with zero attached hydrogens (tertiary/aromatic N) is 1. The van der Waals surface area contributed by atoms with Crippen molar-refractivity contribution in [2.75, 3.05) is 0 Å². The van der Waals surface area contributed by atoms with Crippen LogP contribution in [0.3, 0.4) is 0 Å². The average Bonchev–Trinajstić information content (AvgIpc) is 3.02. The summed E-state index contributed by atoms with van der Waals surface area (Å²) in [5, 5.41) is 0. The van der Waals surface area contributed by atoms with Crippen LogP contribution in [0, 0.1) is 0 Å². The summed E-state index contributed by atoms with van der Waals surface area (Å²) in [7, 11) is 0. The first kappa shape index (κ1) is 25.4. The highest BCUT2D eigenvalue weighted by atomic mass is 16.8. The quantitative estimate of drug-likeness (QED) is 0.467. The largest absolute Gasteiger partial charge is 0.460 e. The van der Waals surface area contributed by atoms with E-state index in [1.54, 1.807) is 0 Å². The molecule has 1 heterocycles. The third kappa shape index (κ3) is 7.13. The maximum atomic E-state index is 13.1. The van der Waals surface area contributed by atoms with Gasteiger partial charge >= 0.3 is 5.97 Å². The van der Waals surface area contributed by atoms with E-state index in [2.05, 4.69) is 48.2 Å². The molecule has 0 amide bonds. The molecule has 3 rings (SSSR count). The van der Waals surface area contributed by atoms with E-state index in [9.17, 15) is 4.79 Å². The molecule has 33 heavy (non-hydrogen) atoms. The van der Waals surface area contributed by atoms with Crippen LogP contribution >= 0.6 is 0 Å². The summed E-state index contributed by atoms with van der Waals surface area (Å²) in [4.78, 5) is 15.4. The smallest absolute Gasteiger partial charge is 0.308 e. The minimum absolute atomic E-state index is 0.0540. The first-order chi connectivity index (χ1) is 15.5. The molecule has 1 saturated heterocycles. The first-order valence-electron chi connectivity index (χ1n) is 11.9. The number of ether oxygens (including phenoxy) is 3. The monoisotopic (exact) mass is 453 g/mol. The predicted octanol–water partition coefficient (Wildman–Crippen LogP) is 5.89. The Morgan fingerprint density at radius 3 is 2.12 bits per heavy atom. The fourth-order valence-corrected chi connectivity index (χ4v) is 4.59. The van der Waals surface area contributed by atoms with E-state index in [0.29, 0.717) is 6.54 Å². The van der Waals surface area contributed by atoms with Crippen molar-refractivity contribution in [3.05, 3.63) is 71.8 Å². The molecule has 2 aromatic carbocycles. The highest BCUT2D eigenvalue weighted by Gasteiger charge is 2.46. The zero-order valence-corrected chi connectivity index (χ0v) is 21.1. The summed E-state index contributed by atoms with van der Waals surface area (Å²) in [5.41, 5.74) is 1.82. The van der Waals surface area contributed by atoms with Crippen molar-refractivity contribution in [3.63, 3.8) is 0 Å². The summed E-state index contributed by atoms with van der Waals surface area (Å²) in [5.74, 6) is -0.934. The fraction of sp³-hybridized carbons (Fsp3) is 0.536. The van der Waals surface area contributed by atoms with Crippen LogP contribution in [0.5, 0.6) is 0 Å². The van der Waals surface area contributed by atoms with Gasteiger partial charge in [-0.1, -0.05) is 60.7 Å². The van der Waals surface area contributed by atoms with Gasteiger partial charge in [-0.3, -0.25) is 9.69 Å². The second-order valence-electron chi connectivity index (χ2n) is 10.4. The van der Waals surface area contributed by atoms with Gasteiger partial charge in [0, 0.05) is 18.6 Å². The van der Waals surface area contributed by atoms with E-state index in [-0.39, 0.29) is 36.7 Å². The molecular weight excluding hydrogens is 414 g/mol. The topological polar surface area (TPSA) is 48.0 Å². The zero-order chi connectivity index (χ0) is 24.2. The maximum Gasteiger partial charge on any atom is 0.308 e. The minimum Gasteiger partial charge on any atom is -0.460 e. The molecule has 2 aromatic rings. The molecule has 0 aromatic heterocycles. The Balaban J connectivity index is 2.00. The van der Waals surface area contributed by atoms with Gasteiger partial charge in [0.15, 0.2) is 5.79 Å². The van der Waals surface area contributed by atoms with Crippen LogP contribution in [0.2, 0.25) is 0 Å². The molecule has 0 N–H and O–H groups in total. The van der Waals surface area contributed by atoms with E-state index in [1.165, 1.54) is 11.1 Å². The number of carbonyl (C=O) groups is 1. The predicted molar refractivity (Wildman–Crippen MR) is 131 cm³/mol. The molecule has 4 atom stereocenters. The lowest BCUT2D eigenvalue weighted by Crippen LogP contribution is -2.49. The zero-order valence-electron chi connectivity index (χ0n) is 21.1. The van der Waals surface area contributed by atoms with Crippen molar-refractivity contribution in [1.29, 1.82) is 0 Å². The van der Waals surface area contributed by atoms with Crippen molar-refractivity contribution in [1.82, 2.24) is 4.90 Å². The van der Waals surface area contributed by atoms with Crippen molar-refractivity contribution in [3.8, 4) is 0 Å². The number of hydrogen-bond donors (Lipinski definition) is 0. The molecule has 1 fully saturated rings. The Bertz CT molecular complexity index is 891. The van der Waals surface area contributed by atoms with Crippen LogP contribution in [-0.2, 0) is 25.5 Å². The van der Waals surface area contributed by atoms with Crippen molar-refractivity contribution in [2.45, 2.75) is 97.1 Å². The van der Waals surface area contributed by atoms with E-state index in [4.69, 9.17) is 14.2 Å². The molecule has 1 aliphatic rings. The maximum absolute atomic E-state index is 13.1. The number of rotatable bonds is 8. The lowest BCUT2D eigenvalue weighted by Gasteiger charge is -2.40. The Kier molecular flexibility index (Phi) is 7.99. The number of hydrogen-bond acceptors (Lipinski definition) is 5. The molecule has 1 aliphatic heterocycles. The molecule has 180 valence electrons. The van der Waals surface area contributed by atoms with Crippen LogP contribution in [0.15, 0.2) is 60.7 Å². The summed E-state index contributed by atoms with van der Waals surface area (Å²) in [6.45, 7) is 14.4. The molecule has 0 radical (unpaired) electrons. The van der Waals surface area contributed by atoms with E-state index in [1.807, 2.05) is 65.8 Å². The van der Waals surface area contributed by atoms with Crippen LogP contribution in [0.25, 0.3) is 0 Å². The standard InChI is InChI=1S/C28H39NO4/c1-20(23-16-12-9-13-17-23)29(19-22-14-10-8-11-15-22)24(18-25(30)32-27(3,4)5)26-21(2)31-28(6,7)33-26/h8-17,20-21,24,26H,18-19H2,1-7H3/t20-,21+,24-,26-/m1/s1. The van der Waals surface area contributed by atoms with Gasteiger partial charge in [-0.15, -0.1) is 0 Å². The van der Waals surface area contributed by atoms with Gasteiger partial charge in [0.05, 0.1) is 12.5 Å². The molecule has 0 saturated carbocycles. The highest BCUT2D eigenvalue weighted by Crippen LogP contribution is 2.36. The highest BCUT2D eigenvalue weighted by molar-refractivity contribution is 5.70. The van der Waals surface area contributed by atoms with Crippen LogP contribution in [-0.4, -0.2) is 40.5 Å². The fourth-order valence-electron chi connectivity index (χ4n) is 4.59. The van der Waals surface area contributed by atoms with E-state index < -0.39 is 11.4 Å². The van der Waals surface area contributed by atoms with Gasteiger partial charge in [-0.25, -0.2) is 0 Å². The average molecular weight is 454 g/mol. The van der Waals surface area contributed by atoms with Crippen LogP contribution in [0.1, 0.15) is 72.1 Å². The Morgan fingerprint density at radius 2 is 1.61 bits per heavy atom. The third-order valence-electron chi connectivity index (χ3n) is 5.94. The summed E-state index contributed by atoms with van der Waals surface area (Å²) >= 11 is 0. The molecular formula is C28H39NO4. The lowest BCUT2D eigenvalue weighted by molar-refractivity contribution is -0.165. The first-order valence-corrected chi connectivity index (χ1v) is 11.9. The molecule has 0 spiro atoms. The molecule has 0 bridgehead atoms. The van der Waals surface area contributed by atoms with Crippen molar-refractivity contribution in [2.24, 2.45) is 0 Å². The van der Waals surface area contributed by atoms with E-state index >= 15 is 0 Å². The number of esters is 1. The Morgan fingerprint density at radius 1 is 1.03 bits per heavy atom. The van der Waals surface area contributed by atoms with Gasteiger partial charge in [0.25, 0.3) is 0 Å². The van der Waals surface area contributed by atoms with Gasteiger partial charge in [-0.2, -0.15) is 0 Å². The third-order valence-corrected chi connectivity index (χ3v) is 5.94. The Hall–Kier alpha value is -2.21. The van der Waals surface area contributed by atoms with Crippen LogP contribution in [0.4, 0.5) is 0 Å². The minimum atomic E-state index is -0.704. The summed E-state index contributed by atoms with van der Waals surface area (Å²) in [6.07, 6.45) is -0.216. The number of carbonyl (C=O) groups excluding carboxylic acids is 1. The van der Waals surface area contributed by atoms with Crippen molar-refractivity contribution >= 4 is 5.97 Å². The van der Waals surface area contributed by atoms with Crippen LogP contribution < -0.4 is 0 Å². The second-order valence-corrected chi connectivity index (χ2v) is 10.4. The molecule has 0 unspecified atom stereocenters. The van der Waals surface area contributed by atoms with Crippen molar-refractivity contribution < 1.29 is 19.0 Å². The van der Waals surface area contributed by atoms with Gasteiger partial charge in [0.1, 0.15) is 11.7 Å². The second kappa shape index (κ2) is 10.4. The summed E-state index contributed by atoms with van der Waals surface area (Å²) in [6, 6.07) is 20.6. The lowest BCUT2D eigenvalue weighted by atomic mass is 9.96. The van der Waals surface area contributed by atoms with Gasteiger partial charge in [0.2, 0.25) is 0 Å². The van der Waals surface area contributed by atoms with Gasteiger partial charge in [-0.05, 0) is 59.6 Å². The molecule has 0 aliphatic carbocycles. The Labute approximate surface area is 199 Å². The normalized spacial score (nSPS) is 22.2. The SMILES string of the molecule is C[C@@H]1OC(C)(C)O[C@H]1[C@@H](CC(=O)OC(C)(C)C)N(Cc1ccccc1)[C@H](C)c1ccccc1. The molecule has 5 heteroatoms. The van der Waals surface area contributed by atoms with Gasteiger partial charge < -0.3 is 14.2 Å². The van der Waals surface area contributed by atoms with E-state index in [0.717, 1.165) is 0 Å². The molecule has 5 nitrogen and oxygen atoms in total. The summed E-state index contributed by atoms with van der Waals surface area (Å²) < 4.78 is 18.2. The number of benzene rings is 2.